The summed E-state index contributed by atoms with van der Waals surface area (Å²) in [6.45, 7) is 2.11. The van der Waals surface area contributed by atoms with E-state index in [0.717, 1.165) is 24.8 Å². The molecule has 0 fully saturated rings. The molecule has 0 amide bonds. The maximum absolute atomic E-state index is 11.4. The number of allylic oxidation sites excluding steroid dienone is 3. The maximum Gasteiger partial charge on any atom is 0.157 e. The molecule has 0 aliphatic carbocycles. The van der Waals surface area contributed by atoms with E-state index in [-0.39, 0.29) is 17.3 Å². The molecule has 0 bridgehead atoms. The highest BCUT2D eigenvalue weighted by Crippen LogP contribution is 2.25. The topological polar surface area (TPSA) is 57.5 Å². The number of carbonyl (C=O) groups excluding carboxylic acids is 1. The van der Waals surface area contributed by atoms with Gasteiger partial charge in [0.15, 0.2) is 17.3 Å². The van der Waals surface area contributed by atoms with E-state index in [0.29, 0.717) is 6.42 Å². The number of phenols is 2. The van der Waals surface area contributed by atoms with E-state index in [1.807, 2.05) is 0 Å². The molecular weight excluding hydrogens is 240 g/mol. The fraction of sp³-hybridized carbons (Fsp3) is 0.312. The number of rotatable bonds is 7. The van der Waals surface area contributed by atoms with Gasteiger partial charge in [-0.25, -0.2) is 0 Å². The van der Waals surface area contributed by atoms with Crippen molar-refractivity contribution in [2.75, 3.05) is 0 Å². The first-order valence-electron chi connectivity index (χ1n) is 6.53. The summed E-state index contributed by atoms with van der Waals surface area (Å²) in [6.07, 6.45) is 10.5. The summed E-state index contributed by atoms with van der Waals surface area (Å²) < 4.78 is 0. The first-order chi connectivity index (χ1) is 9.13. The lowest BCUT2D eigenvalue weighted by Gasteiger charge is -1.97. The van der Waals surface area contributed by atoms with Crippen LogP contribution in [0.1, 0.15) is 38.2 Å². The molecule has 102 valence electrons. The van der Waals surface area contributed by atoms with Crippen molar-refractivity contribution in [3.63, 3.8) is 0 Å². The Morgan fingerprint density at radius 2 is 1.95 bits per heavy atom. The quantitative estimate of drug-likeness (QED) is 0.339. The Bertz CT molecular complexity index is 473. The van der Waals surface area contributed by atoms with Gasteiger partial charge in [0, 0.05) is 6.42 Å². The van der Waals surface area contributed by atoms with Gasteiger partial charge in [-0.05, 0) is 30.2 Å². The average Bonchev–Trinajstić information content (AvgIpc) is 2.39. The second kappa shape index (κ2) is 8.14. The number of carbonyl (C=O) groups is 1. The average molecular weight is 260 g/mol. The van der Waals surface area contributed by atoms with E-state index in [1.165, 1.54) is 12.1 Å². The largest absolute Gasteiger partial charge is 0.504 e. The van der Waals surface area contributed by atoms with Crippen LogP contribution in [-0.2, 0) is 4.79 Å². The summed E-state index contributed by atoms with van der Waals surface area (Å²) in [6, 6.07) is 4.57. The first-order valence-corrected chi connectivity index (χ1v) is 6.53. The van der Waals surface area contributed by atoms with Gasteiger partial charge in [-0.1, -0.05) is 44.1 Å². The minimum Gasteiger partial charge on any atom is -0.504 e. The normalized spacial score (nSPS) is 11.4. The summed E-state index contributed by atoms with van der Waals surface area (Å²) in [5.74, 6) is -0.160. The van der Waals surface area contributed by atoms with E-state index in [2.05, 4.69) is 6.92 Å². The van der Waals surface area contributed by atoms with E-state index in [9.17, 15) is 9.90 Å². The molecule has 0 aliphatic rings. The highest BCUT2D eigenvalue weighted by Gasteiger charge is 1.97. The molecule has 3 heteroatoms. The van der Waals surface area contributed by atoms with E-state index in [4.69, 9.17) is 5.11 Å². The van der Waals surface area contributed by atoms with Gasteiger partial charge in [0.25, 0.3) is 0 Å². The fourth-order valence-electron chi connectivity index (χ4n) is 1.61. The van der Waals surface area contributed by atoms with Crippen molar-refractivity contribution in [2.45, 2.75) is 32.6 Å². The number of hydrogen-bond acceptors (Lipinski definition) is 3. The Kier molecular flexibility index (Phi) is 6.44. The first kappa shape index (κ1) is 15.0. The molecule has 0 aromatic heterocycles. The second-order valence-corrected chi connectivity index (χ2v) is 4.39. The van der Waals surface area contributed by atoms with Crippen LogP contribution in [-0.4, -0.2) is 16.0 Å². The number of benzene rings is 1. The fourth-order valence-corrected chi connectivity index (χ4v) is 1.61. The zero-order valence-corrected chi connectivity index (χ0v) is 11.2. The lowest BCUT2D eigenvalue weighted by atomic mass is 10.1. The van der Waals surface area contributed by atoms with Gasteiger partial charge in [0.05, 0.1) is 0 Å². The molecule has 19 heavy (non-hydrogen) atoms. The SMILES string of the molecule is CCCCCC(=O)C=CC=Cc1ccc(O)c(O)c1. The molecule has 1 rings (SSSR count). The van der Waals surface area contributed by atoms with Crippen LogP contribution in [0.25, 0.3) is 6.08 Å². The summed E-state index contributed by atoms with van der Waals surface area (Å²) in [4.78, 5) is 11.4. The van der Waals surface area contributed by atoms with Gasteiger partial charge in [-0.15, -0.1) is 0 Å². The smallest absolute Gasteiger partial charge is 0.157 e. The molecule has 0 aliphatic heterocycles. The van der Waals surface area contributed by atoms with Gasteiger partial charge in [0.1, 0.15) is 0 Å². The van der Waals surface area contributed by atoms with Crippen LogP contribution in [0.2, 0.25) is 0 Å². The van der Waals surface area contributed by atoms with Crippen molar-refractivity contribution in [1.29, 1.82) is 0 Å². The molecule has 0 saturated heterocycles. The molecule has 0 heterocycles. The van der Waals surface area contributed by atoms with E-state index in [1.54, 1.807) is 30.4 Å². The molecule has 1 aromatic rings. The Morgan fingerprint density at radius 3 is 2.63 bits per heavy atom. The molecule has 0 saturated carbocycles. The standard InChI is InChI=1S/C16H20O3/c1-2-3-4-8-14(17)9-6-5-7-13-10-11-15(18)16(19)12-13/h5-7,9-12,18-19H,2-4,8H2,1H3. The third kappa shape index (κ3) is 5.91. The van der Waals surface area contributed by atoms with Crippen LogP contribution in [0.3, 0.4) is 0 Å². The zero-order chi connectivity index (χ0) is 14.1. The van der Waals surface area contributed by atoms with Crippen molar-refractivity contribution >= 4 is 11.9 Å². The van der Waals surface area contributed by atoms with Gasteiger partial charge < -0.3 is 10.2 Å². The maximum atomic E-state index is 11.4. The molecule has 1 aromatic carbocycles. The Balaban J connectivity index is 2.44. The van der Waals surface area contributed by atoms with Crippen LogP contribution < -0.4 is 0 Å². The predicted molar refractivity (Wildman–Crippen MR) is 77.1 cm³/mol. The Hall–Kier alpha value is -2.03. The predicted octanol–water partition coefficient (Wildman–Crippen LogP) is 3.82. The lowest BCUT2D eigenvalue weighted by Crippen LogP contribution is -1.91. The Morgan fingerprint density at radius 1 is 1.16 bits per heavy atom. The van der Waals surface area contributed by atoms with Crippen LogP contribution in [0.15, 0.2) is 36.4 Å². The van der Waals surface area contributed by atoms with Crippen LogP contribution >= 0.6 is 0 Å². The van der Waals surface area contributed by atoms with Crippen molar-refractivity contribution in [3.05, 3.63) is 42.0 Å². The third-order valence-corrected chi connectivity index (χ3v) is 2.71. The number of hydrogen-bond donors (Lipinski definition) is 2. The summed E-state index contributed by atoms with van der Waals surface area (Å²) in [5, 5.41) is 18.5. The monoisotopic (exact) mass is 260 g/mol. The second-order valence-electron chi connectivity index (χ2n) is 4.39. The Labute approximate surface area is 113 Å². The van der Waals surface area contributed by atoms with Gasteiger partial charge >= 0.3 is 0 Å². The molecule has 0 spiro atoms. The third-order valence-electron chi connectivity index (χ3n) is 2.71. The molecule has 0 atom stereocenters. The van der Waals surface area contributed by atoms with Crippen LogP contribution in [0.4, 0.5) is 0 Å². The van der Waals surface area contributed by atoms with Gasteiger partial charge in [-0.2, -0.15) is 0 Å². The molecule has 2 N–H and O–H groups in total. The number of phenolic OH excluding ortho intramolecular Hbond substituents is 2. The van der Waals surface area contributed by atoms with Crippen molar-refractivity contribution in [3.8, 4) is 11.5 Å². The molecule has 0 radical (unpaired) electrons. The molecular formula is C16H20O3. The summed E-state index contributed by atoms with van der Waals surface area (Å²) in [7, 11) is 0. The van der Waals surface area contributed by atoms with E-state index >= 15 is 0 Å². The molecule has 0 unspecified atom stereocenters. The highest BCUT2D eigenvalue weighted by molar-refractivity contribution is 5.89. The highest BCUT2D eigenvalue weighted by atomic mass is 16.3. The van der Waals surface area contributed by atoms with E-state index < -0.39 is 0 Å². The van der Waals surface area contributed by atoms with Gasteiger partial charge in [-0.3, -0.25) is 4.79 Å². The zero-order valence-electron chi connectivity index (χ0n) is 11.2. The molecule has 3 nitrogen and oxygen atoms in total. The minimum absolute atomic E-state index is 0.131. The van der Waals surface area contributed by atoms with Crippen molar-refractivity contribution in [1.82, 2.24) is 0 Å². The van der Waals surface area contributed by atoms with Crippen LogP contribution in [0, 0.1) is 0 Å². The number of unbranched alkanes of at least 4 members (excludes halogenated alkanes) is 2. The summed E-state index contributed by atoms with van der Waals surface area (Å²) in [5.41, 5.74) is 0.762. The lowest BCUT2D eigenvalue weighted by molar-refractivity contribution is -0.114. The number of ketones is 1. The van der Waals surface area contributed by atoms with Gasteiger partial charge in [0.2, 0.25) is 0 Å². The minimum atomic E-state index is -0.151. The van der Waals surface area contributed by atoms with Crippen LogP contribution in [0.5, 0.6) is 11.5 Å². The van der Waals surface area contributed by atoms with Crippen molar-refractivity contribution < 1.29 is 15.0 Å². The van der Waals surface area contributed by atoms with Crippen molar-refractivity contribution in [2.24, 2.45) is 0 Å². The number of aromatic hydroxyl groups is 2. The summed E-state index contributed by atoms with van der Waals surface area (Å²) >= 11 is 0.